The van der Waals surface area contributed by atoms with Crippen LogP contribution in [-0.2, 0) is 4.74 Å². The van der Waals surface area contributed by atoms with E-state index in [1.54, 1.807) is 25.7 Å². The zero-order valence-corrected chi connectivity index (χ0v) is 12.8. The van der Waals surface area contributed by atoms with Crippen molar-refractivity contribution in [3.8, 4) is 0 Å². The van der Waals surface area contributed by atoms with Crippen molar-refractivity contribution >= 4 is 0 Å². The lowest BCUT2D eigenvalue weighted by Gasteiger charge is -2.42. The molecule has 3 atom stereocenters. The number of hydrogen-bond acceptors (Lipinski definition) is 1. The highest BCUT2D eigenvalue weighted by molar-refractivity contribution is 4.86. The van der Waals surface area contributed by atoms with Gasteiger partial charge in [-0.15, -0.1) is 0 Å². The van der Waals surface area contributed by atoms with Gasteiger partial charge < -0.3 is 4.74 Å². The van der Waals surface area contributed by atoms with E-state index in [0.717, 1.165) is 31.0 Å². The molecular weight excluding hydrogens is 232 g/mol. The summed E-state index contributed by atoms with van der Waals surface area (Å²) >= 11 is 0. The Labute approximate surface area is 119 Å². The van der Waals surface area contributed by atoms with Gasteiger partial charge in [0.1, 0.15) is 0 Å². The van der Waals surface area contributed by atoms with Crippen molar-refractivity contribution in [1.29, 1.82) is 0 Å². The molecule has 1 saturated heterocycles. The molecule has 1 heterocycles. The number of rotatable bonds is 5. The van der Waals surface area contributed by atoms with Gasteiger partial charge in [0.25, 0.3) is 0 Å². The number of hydrogen-bond donors (Lipinski definition) is 0. The first kappa shape index (κ1) is 13.9. The van der Waals surface area contributed by atoms with Crippen LogP contribution in [0.25, 0.3) is 0 Å². The minimum atomic E-state index is 0.585. The Morgan fingerprint density at radius 1 is 1.00 bits per heavy atom. The summed E-state index contributed by atoms with van der Waals surface area (Å²) < 4.78 is 5.44. The molecule has 0 bridgehead atoms. The first-order valence-electron chi connectivity index (χ1n) is 8.89. The van der Waals surface area contributed by atoms with E-state index in [4.69, 9.17) is 4.74 Å². The van der Waals surface area contributed by atoms with Crippen LogP contribution in [-0.4, -0.2) is 13.2 Å². The summed E-state index contributed by atoms with van der Waals surface area (Å²) in [6, 6.07) is 0. The monoisotopic (exact) mass is 264 g/mol. The second-order valence-electron chi connectivity index (χ2n) is 7.72. The van der Waals surface area contributed by atoms with Gasteiger partial charge in [-0.3, -0.25) is 0 Å². The largest absolute Gasteiger partial charge is 0.380 e. The van der Waals surface area contributed by atoms with Crippen LogP contribution < -0.4 is 0 Å². The molecule has 0 spiro atoms. The second kappa shape index (κ2) is 6.16. The fourth-order valence-corrected chi connectivity index (χ4v) is 4.91. The zero-order valence-electron chi connectivity index (χ0n) is 12.8. The van der Waals surface area contributed by atoms with Crippen molar-refractivity contribution in [2.75, 3.05) is 13.2 Å². The number of ether oxygens (including phenoxy) is 1. The minimum Gasteiger partial charge on any atom is -0.380 e. The van der Waals surface area contributed by atoms with E-state index in [0.29, 0.717) is 5.41 Å². The topological polar surface area (TPSA) is 9.23 Å². The van der Waals surface area contributed by atoms with Gasteiger partial charge in [0.2, 0.25) is 0 Å². The highest BCUT2D eigenvalue weighted by atomic mass is 16.5. The maximum Gasteiger partial charge on any atom is 0.0544 e. The maximum absolute atomic E-state index is 5.44. The lowest BCUT2D eigenvalue weighted by molar-refractivity contribution is -0.120. The molecule has 110 valence electrons. The van der Waals surface area contributed by atoms with Crippen LogP contribution in [0.3, 0.4) is 0 Å². The summed E-state index contributed by atoms with van der Waals surface area (Å²) in [5.74, 6) is 3.29. The number of fused-ring (bicyclic) bond motifs is 1. The molecule has 3 unspecified atom stereocenters. The van der Waals surface area contributed by atoms with Crippen LogP contribution >= 0.6 is 0 Å². The SMILES string of the molecule is CCC1(CCCC2CCC3CCCCC3C2)COC1. The summed E-state index contributed by atoms with van der Waals surface area (Å²) in [5, 5.41) is 0. The van der Waals surface area contributed by atoms with Crippen LogP contribution in [0, 0.1) is 23.2 Å². The van der Waals surface area contributed by atoms with Gasteiger partial charge in [-0.2, -0.15) is 0 Å². The Morgan fingerprint density at radius 3 is 2.47 bits per heavy atom. The second-order valence-corrected chi connectivity index (χ2v) is 7.72. The van der Waals surface area contributed by atoms with Crippen LogP contribution in [0.1, 0.15) is 77.6 Å². The third-order valence-corrected chi connectivity index (χ3v) is 6.53. The van der Waals surface area contributed by atoms with Crippen LogP contribution in [0.5, 0.6) is 0 Å². The molecule has 2 saturated carbocycles. The normalized spacial score (nSPS) is 37.4. The Kier molecular flexibility index (Phi) is 4.51. The molecule has 0 aromatic heterocycles. The van der Waals surface area contributed by atoms with E-state index in [1.807, 2.05) is 0 Å². The molecule has 1 heteroatoms. The average molecular weight is 264 g/mol. The predicted molar refractivity (Wildman–Crippen MR) is 80.2 cm³/mol. The quantitative estimate of drug-likeness (QED) is 0.664. The summed E-state index contributed by atoms with van der Waals surface area (Å²) in [6.07, 6.45) is 16.5. The summed E-state index contributed by atoms with van der Waals surface area (Å²) in [7, 11) is 0. The van der Waals surface area contributed by atoms with E-state index >= 15 is 0 Å². The van der Waals surface area contributed by atoms with Crippen LogP contribution in [0.15, 0.2) is 0 Å². The fourth-order valence-electron chi connectivity index (χ4n) is 4.91. The first-order chi connectivity index (χ1) is 9.31. The van der Waals surface area contributed by atoms with Crippen molar-refractivity contribution in [3.05, 3.63) is 0 Å². The molecule has 3 aliphatic rings. The fraction of sp³-hybridized carbons (Fsp3) is 1.00. The highest BCUT2D eigenvalue weighted by Crippen LogP contribution is 2.44. The van der Waals surface area contributed by atoms with Gasteiger partial charge in [0.15, 0.2) is 0 Å². The summed E-state index contributed by atoms with van der Waals surface area (Å²) in [5.41, 5.74) is 0.585. The third kappa shape index (κ3) is 3.17. The van der Waals surface area contributed by atoms with Gasteiger partial charge in [0.05, 0.1) is 13.2 Å². The molecule has 1 nitrogen and oxygen atoms in total. The molecule has 0 amide bonds. The molecule has 3 fully saturated rings. The van der Waals surface area contributed by atoms with Gasteiger partial charge in [-0.1, -0.05) is 51.9 Å². The highest BCUT2D eigenvalue weighted by Gasteiger charge is 2.37. The first-order valence-corrected chi connectivity index (χ1v) is 8.89. The van der Waals surface area contributed by atoms with Crippen molar-refractivity contribution in [2.24, 2.45) is 23.2 Å². The van der Waals surface area contributed by atoms with E-state index in [-0.39, 0.29) is 0 Å². The Bertz CT molecular complexity index is 276. The molecule has 3 rings (SSSR count). The van der Waals surface area contributed by atoms with Gasteiger partial charge in [-0.25, -0.2) is 0 Å². The zero-order chi connectivity index (χ0) is 13.1. The minimum absolute atomic E-state index is 0.585. The summed E-state index contributed by atoms with van der Waals surface area (Å²) in [6.45, 7) is 4.42. The predicted octanol–water partition coefficient (Wildman–Crippen LogP) is 5.19. The molecule has 0 aromatic carbocycles. The van der Waals surface area contributed by atoms with Gasteiger partial charge in [-0.05, 0) is 43.4 Å². The van der Waals surface area contributed by atoms with Crippen LogP contribution in [0.4, 0.5) is 0 Å². The van der Waals surface area contributed by atoms with E-state index < -0.39 is 0 Å². The molecule has 1 aliphatic heterocycles. The van der Waals surface area contributed by atoms with Crippen LogP contribution in [0.2, 0.25) is 0 Å². The van der Waals surface area contributed by atoms with Crippen molar-refractivity contribution in [2.45, 2.75) is 77.6 Å². The lowest BCUT2D eigenvalue weighted by atomic mass is 9.66. The van der Waals surface area contributed by atoms with E-state index in [1.165, 1.54) is 44.9 Å². The molecule has 0 N–H and O–H groups in total. The standard InChI is InChI=1S/C18H32O/c1-2-18(13-19-14-18)11-5-6-15-9-10-16-7-3-4-8-17(16)12-15/h15-17H,2-14H2,1H3. The smallest absolute Gasteiger partial charge is 0.0544 e. The maximum atomic E-state index is 5.44. The Morgan fingerprint density at radius 2 is 1.79 bits per heavy atom. The van der Waals surface area contributed by atoms with Crippen molar-refractivity contribution < 1.29 is 4.74 Å². The molecule has 2 aliphatic carbocycles. The van der Waals surface area contributed by atoms with Crippen molar-refractivity contribution in [1.82, 2.24) is 0 Å². The Hall–Kier alpha value is -0.0400. The summed E-state index contributed by atoms with van der Waals surface area (Å²) in [4.78, 5) is 0. The average Bonchev–Trinajstić information content (AvgIpc) is 2.42. The van der Waals surface area contributed by atoms with Gasteiger partial charge >= 0.3 is 0 Å². The molecule has 19 heavy (non-hydrogen) atoms. The van der Waals surface area contributed by atoms with Gasteiger partial charge in [0, 0.05) is 5.41 Å². The third-order valence-electron chi connectivity index (χ3n) is 6.53. The molecule has 0 radical (unpaired) electrons. The van der Waals surface area contributed by atoms with E-state index in [2.05, 4.69) is 6.92 Å². The molecular formula is C18H32O. The molecule has 0 aromatic rings. The Balaban J connectivity index is 1.39. The van der Waals surface area contributed by atoms with Crippen molar-refractivity contribution in [3.63, 3.8) is 0 Å². The van der Waals surface area contributed by atoms with E-state index in [9.17, 15) is 0 Å². The lowest BCUT2D eigenvalue weighted by Crippen LogP contribution is -2.41.